The number of hydrogen-bond acceptors (Lipinski definition) is 6. The number of pyridine rings is 1. The molecule has 1 aromatic heterocycles. The second-order valence-electron chi connectivity index (χ2n) is 5.43. The fraction of sp³-hybridized carbons (Fsp3) is 0.571. The molecule has 1 saturated heterocycles. The van der Waals surface area contributed by atoms with Crippen molar-refractivity contribution in [3.8, 4) is 0 Å². The average molecular weight is 278 g/mol. The smallest absolute Gasteiger partial charge is 0.341 e. The number of aromatic nitrogens is 1. The van der Waals surface area contributed by atoms with E-state index in [9.17, 15) is 4.79 Å². The van der Waals surface area contributed by atoms with E-state index in [0.717, 1.165) is 19.6 Å². The van der Waals surface area contributed by atoms with Gasteiger partial charge in [0, 0.05) is 20.1 Å². The van der Waals surface area contributed by atoms with Crippen LogP contribution in [-0.4, -0.2) is 56.7 Å². The Morgan fingerprint density at radius 2 is 2.40 bits per heavy atom. The van der Waals surface area contributed by atoms with Crippen LogP contribution in [0, 0.1) is 5.92 Å². The van der Waals surface area contributed by atoms with Crippen LogP contribution in [0.3, 0.4) is 0 Å². The summed E-state index contributed by atoms with van der Waals surface area (Å²) in [5, 5.41) is 0. The third kappa shape index (κ3) is 3.19. The third-order valence-electron chi connectivity index (χ3n) is 3.68. The summed E-state index contributed by atoms with van der Waals surface area (Å²) in [5.74, 6) is 0.811. The highest BCUT2D eigenvalue weighted by atomic mass is 16.5. The van der Waals surface area contributed by atoms with Gasteiger partial charge >= 0.3 is 5.97 Å². The quantitative estimate of drug-likeness (QED) is 0.823. The molecule has 2 heterocycles. The zero-order chi connectivity index (χ0) is 14.7. The Balaban J connectivity index is 2.16. The number of methoxy groups -OCH3 is 1. The first-order valence-corrected chi connectivity index (χ1v) is 6.74. The van der Waals surface area contributed by atoms with Gasteiger partial charge in [0.2, 0.25) is 0 Å². The van der Waals surface area contributed by atoms with Crippen LogP contribution >= 0.6 is 0 Å². The van der Waals surface area contributed by atoms with Gasteiger partial charge in [-0.25, -0.2) is 9.78 Å². The topological polar surface area (TPSA) is 71.7 Å². The average Bonchev–Trinajstić information content (AvgIpc) is 2.82. The van der Waals surface area contributed by atoms with Crippen molar-refractivity contribution in [2.45, 2.75) is 6.42 Å². The lowest BCUT2D eigenvalue weighted by Crippen LogP contribution is -2.29. The van der Waals surface area contributed by atoms with Crippen molar-refractivity contribution < 1.29 is 9.53 Å². The molecule has 0 amide bonds. The molecule has 2 N–H and O–H groups in total. The number of anilines is 2. The lowest BCUT2D eigenvalue weighted by molar-refractivity contribution is 0.0601. The lowest BCUT2D eigenvalue weighted by Gasteiger charge is -2.23. The van der Waals surface area contributed by atoms with Crippen LogP contribution in [-0.2, 0) is 4.74 Å². The van der Waals surface area contributed by atoms with Gasteiger partial charge in [-0.3, -0.25) is 0 Å². The SMILES string of the molecule is COC(=O)c1cc(N)cnc1N(C)CC1CCN(C)C1. The van der Waals surface area contributed by atoms with Crippen LogP contribution in [0.25, 0.3) is 0 Å². The molecule has 1 aliphatic heterocycles. The molecule has 6 heteroatoms. The molecule has 1 aliphatic rings. The molecule has 0 aromatic carbocycles. The van der Waals surface area contributed by atoms with E-state index < -0.39 is 5.97 Å². The van der Waals surface area contributed by atoms with Crippen molar-refractivity contribution in [3.63, 3.8) is 0 Å². The van der Waals surface area contributed by atoms with Crippen molar-refractivity contribution in [2.24, 2.45) is 5.92 Å². The number of nitrogen functional groups attached to an aromatic ring is 1. The summed E-state index contributed by atoms with van der Waals surface area (Å²) in [6.07, 6.45) is 2.74. The highest BCUT2D eigenvalue weighted by Crippen LogP contribution is 2.23. The maximum Gasteiger partial charge on any atom is 0.341 e. The van der Waals surface area contributed by atoms with E-state index in [2.05, 4.69) is 16.9 Å². The van der Waals surface area contributed by atoms with Crippen molar-refractivity contribution >= 4 is 17.5 Å². The fourth-order valence-electron chi connectivity index (χ4n) is 2.69. The molecule has 1 atom stereocenters. The van der Waals surface area contributed by atoms with Crippen LogP contribution in [0.5, 0.6) is 0 Å². The van der Waals surface area contributed by atoms with E-state index in [4.69, 9.17) is 10.5 Å². The summed E-state index contributed by atoms with van der Waals surface area (Å²) in [5.41, 5.74) is 6.59. The minimum atomic E-state index is -0.407. The summed E-state index contributed by atoms with van der Waals surface area (Å²) in [4.78, 5) is 20.4. The largest absolute Gasteiger partial charge is 0.465 e. The van der Waals surface area contributed by atoms with Gasteiger partial charge in [-0.2, -0.15) is 0 Å². The van der Waals surface area contributed by atoms with Crippen LogP contribution in [0.4, 0.5) is 11.5 Å². The van der Waals surface area contributed by atoms with Gasteiger partial charge in [0.05, 0.1) is 19.0 Å². The molecule has 2 rings (SSSR count). The van der Waals surface area contributed by atoms with Gasteiger partial charge in [0.1, 0.15) is 11.4 Å². The first-order chi connectivity index (χ1) is 9.51. The second kappa shape index (κ2) is 6.09. The fourth-order valence-corrected chi connectivity index (χ4v) is 2.69. The number of carbonyl (C=O) groups excluding carboxylic acids is 1. The Labute approximate surface area is 119 Å². The molecule has 0 aliphatic carbocycles. The Kier molecular flexibility index (Phi) is 4.44. The van der Waals surface area contributed by atoms with Gasteiger partial charge < -0.3 is 20.3 Å². The van der Waals surface area contributed by atoms with Gasteiger partial charge in [0.15, 0.2) is 0 Å². The summed E-state index contributed by atoms with van der Waals surface area (Å²) in [6.45, 7) is 3.07. The third-order valence-corrected chi connectivity index (χ3v) is 3.68. The molecule has 110 valence electrons. The highest BCUT2D eigenvalue weighted by molar-refractivity contribution is 5.95. The van der Waals surface area contributed by atoms with Crippen molar-refractivity contribution in [2.75, 3.05) is 51.5 Å². The molecule has 6 nitrogen and oxygen atoms in total. The van der Waals surface area contributed by atoms with E-state index in [1.165, 1.54) is 13.5 Å². The number of rotatable bonds is 4. The number of ether oxygens (including phenoxy) is 1. The minimum Gasteiger partial charge on any atom is -0.465 e. The maximum absolute atomic E-state index is 11.8. The predicted molar refractivity (Wildman–Crippen MR) is 78.9 cm³/mol. The first kappa shape index (κ1) is 14.6. The Morgan fingerprint density at radius 3 is 3.00 bits per heavy atom. The van der Waals surface area contributed by atoms with Crippen LogP contribution in [0.15, 0.2) is 12.3 Å². The van der Waals surface area contributed by atoms with Gasteiger partial charge in [-0.1, -0.05) is 0 Å². The molecule has 1 unspecified atom stereocenters. The number of nitrogens with zero attached hydrogens (tertiary/aromatic N) is 3. The Bertz CT molecular complexity index is 492. The van der Waals surface area contributed by atoms with Crippen LogP contribution in [0.1, 0.15) is 16.8 Å². The molecular weight excluding hydrogens is 256 g/mol. The van der Waals surface area contributed by atoms with Crippen molar-refractivity contribution in [1.82, 2.24) is 9.88 Å². The minimum absolute atomic E-state index is 0.407. The molecule has 0 spiro atoms. The summed E-state index contributed by atoms with van der Waals surface area (Å²) in [6, 6.07) is 1.62. The van der Waals surface area contributed by atoms with Gasteiger partial charge in [-0.05, 0) is 32.0 Å². The van der Waals surface area contributed by atoms with Crippen LogP contribution in [0.2, 0.25) is 0 Å². The second-order valence-corrected chi connectivity index (χ2v) is 5.43. The number of likely N-dealkylation sites (tertiary alicyclic amines) is 1. The van der Waals surface area contributed by atoms with Crippen LogP contribution < -0.4 is 10.6 Å². The summed E-state index contributed by atoms with van der Waals surface area (Å²) >= 11 is 0. The van der Waals surface area contributed by atoms with E-state index in [-0.39, 0.29) is 0 Å². The predicted octanol–water partition coefficient (Wildman–Crippen LogP) is 0.838. The highest BCUT2D eigenvalue weighted by Gasteiger charge is 2.23. The Morgan fingerprint density at radius 1 is 1.65 bits per heavy atom. The normalized spacial score (nSPS) is 19.1. The lowest BCUT2D eigenvalue weighted by atomic mass is 10.1. The molecule has 20 heavy (non-hydrogen) atoms. The number of esters is 1. The molecular formula is C14H22N4O2. The zero-order valence-corrected chi connectivity index (χ0v) is 12.3. The number of nitrogens with two attached hydrogens (primary N) is 1. The first-order valence-electron chi connectivity index (χ1n) is 6.74. The molecule has 0 saturated carbocycles. The van der Waals surface area contributed by atoms with E-state index >= 15 is 0 Å². The monoisotopic (exact) mass is 278 g/mol. The molecule has 0 bridgehead atoms. The van der Waals surface area contributed by atoms with Crippen molar-refractivity contribution in [3.05, 3.63) is 17.8 Å². The van der Waals surface area contributed by atoms with Gasteiger partial charge in [0.25, 0.3) is 0 Å². The number of carbonyl (C=O) groups is 1. The molecule has 1 fully saturated rings. The van der Waals surface area contributed by atoms with E-state index in [0.29, 0.717) is 23.0 Å². The summed E-state index contributed by atoms with van der Waals surface area (Å²) in [7, 11) is 5.44. The van der Waals surface area contributed by atoms with E-state index in [1.807, 2.05) is 11.9 Å². The van der Waals surface area contributed by atoms with E-state index in [1.54, 1.807) is 12.3 Å². The maximum atomic E-state index is 11.8. The summed E-state index contributed by atoms with van der Waals surface area (Å²) < 4.78 is 4.80. The Hall–Kier alpha value is -1.82. The molecule has 0 radical (unpaired) electrons. The van der Waals surface area contributed by atoms with Gasteiger partial charge in [-0.15, -0.1) is 0 Å². The number of hydrogen-bond donors (Lipinski definition) is 1. The molecule has 1 aromatic rings. The zero-order valence-electron chi connectivity index (χ0n) is 12.3. The standard InChI is InChI=1S/C14H22N4O2/c1-17-5-4-10(8-17)9-18(2)13-12(14(19)20-3)6-11(15)7-16-13/h6-7,10H,4-5,8-9,15H2,1-3H3. The van der Waals surface area contributed by atoms with Crippen molar-refractivity contribution in [1.29, 1.82) is 0 Å².